The highest BCUT2D eigenvalue weighted by atomic mass is 19.1. The van der Waals surface area contributed by atoms with Crippen molar-refractivity contribution in [3.05, 3.63) is 94.9 Å². The summed E-state index contributed by atoms with van der Waals surface area (Å²) >= 11 is 0. The van der Waals surface area contributed by atoms with E-state index in [4.69, 9.17) is 9.47 Å². The average Bonchev–Trinajstić information content (AvgIpc) is 3.39. The van der Waals surface area contributed by atoms with Gasteiger partial charge < -0.3 is 9.47 Å². The normalized spacial score (nSPS) is 15.0. The SMILES string of the molecule is COc1ccc([C@@H]2c3c(-c4ccc(C)cc4)n[nH]c3C(=O)N2c2ccc(F)cc2)cc1OC. The molecule has 0 unspecified atom stereocenters. The van der Waals surface area contributed by atoms with Crippen LogP contribution in [0.15, 0.2) is 66.7 Å². The Kier molecular flexibility index (Phi) is 5.09. The molecule has 1 amide bonds. The van der Waals surface area contributed by atoms with Crippen molar-refractivity contribution in [1.82, 2.24) is 10.2 Å². The van der Waals surface area contributed by atoms with Gasteiger partial charge in [-0.1, -0.05) is 35.9 Å². The molecule has 0 saturated heterocycles. The zero-order valence-corrected chi connectivity index (χ0v) is 18.4. The van der Waals surface area contributed by atoms with Crippen LogP contribution in [-0.2, 0) is 0 Å². The van der Waals surface area contributed by atoms with Gasteiger partial charge in [0, 0.05) is 16.8 Å². The van der Waals surface area contributed by atoms with Gasteiger partial charge in [0.25, 0.3) is 5.91 Å². The van der Waals surface area contributed by atoms with Gasteiger partial charge >= 0.3 is 0 Å². The lowest BCUT2D eigenvalue weighted by Crippen LogP contribution is -2.29. The number of fused-ring (bicyclic) bond motifs is 1. The number of carbonyl (C=O) groups excluding carboxylic acids is 1. The van der Waals surface area contributed by atoms with Crippen molar-refractivity contribution in [3.8, 4) is 22.8 Å². The van der Waals surface area contributed by atoms with Gasteiger partial charge in [-0.2, -0.15) is 5.10 Å². The summed E-state index contributed by atoms with van der Waals surface area (Å²) in [5, 5.41) is 7.43. The summed E-state index contributed by atoms with van der Waals surface area (Å²) in [5.74, 6) is 0.538. The topological polar surface area (TPSA) is 67.5 Å². The van der Waals surface area contributed by atoms with E-state index in [-0.39, 0.29) is 11.7 Å². The highest BCUT2D eigenvalue weighted by Crippen LogP contribution is 2.46. The highest BCUT2D eigenvalue weighted by Gasteiger charge is 2.43. The molecule has 3 aromatic carbocycles. The van der Waals surface area contributed by atoms with E-state index in [0.29, 0.717) is 28.6 Å². The fourth-order valence-electron chi connectivity index (χ4n) is 4.28. The van der Waals surface area contributed by atoms with Gasteiger partial charge in [-0.3, -0.25) is 14.8 Å². The van der Waals surface area contributed by atoms with E-state index in [1.54, 1.807) is 31.3 Å². The van der Waals surface area contributed by atoms with Crippen molar-refractivity contribution in [3.63, 3.8) is 0 Å². The lowest BCUT2D eigenvalue weighted by atomic mass is 9.95. The van der Waals surface area contributed by atoms with Gasteiger partial charge in [-0.25, -0.2) is 4.39 Å². The van der Waals surface area contributed by atoms with E-state index in [0.717, 1.165) is 22.3 Å². The summed E-state index contributed by atoms with van der Waals surface area (Å²) in [6.45, 7) is 2.02. The number of hydrogen-bond donors (Lipinski definition) is 1. The Morgan fingerprint density at radius 1 is 0.939 bits per heavy atom. The number of aromatic nitrogens is 2. The van der Waals surface area contributed by atoms with Crippen molar-refractivity contribution < 1.29 is 18.7 Å². The quantitative estimate of drug-likeness (QED) is 0.455. The van der Waals surface area contributed by atoms with Crippen molar-refractivity contribution in [2.75, 3.05) is 19.1 Å². The molecule has 0 aliphatic carbocycles. The van der Waals surface area contributed by atoms with Crippen molar-refractivity contribution in [2.45, 2.75) is 13.0 Å². The molecule has 1 aliphatic rings. The number of aryl methyl sites for hydroxylation is 1. The zero-order chi connectivity index (χ0) is 23.1. The van der Waals surface area contributed by atoms with Gasteiger partial charge in [0.05, 0.1) is 26.0 Å². The summed E-state index contributed by atoms with van der Waals surface area (Å²) in [4.78, 5) is 15.2. The van der Waals surface area contributed by atoms with E-state index >= 15 is 0 Å². The zero-order valence-electron chi connectivity index (χ0n) is 18.4. The Hall–Kier alpha value is -4.13. The number of amides is 1. The Balaban J connectivity index is 1.72. The fourth-order valence-corrected chi connectivity index (χ4v) is 4.28. The number of rotatable bonds is 5. The van der Waals surface area contributed by atoms with Gasteiger partial charge in [0.15, 0.2) is 11.5 Å². The van der Waals surface area contributed by atoms with Crippen LogP contribution in [0.4, 0.5) is 10.1 Å². The number of benzene rings is 3. The standard InChI is InChI=1S/C26H22FN3O3/c1-15-4-6-16(7-5-15)23-22-24(29-28-23)26(31)30(19-11-9-18(27)10-12-19)25(22)17-8-13-20(32-2)21(14-17)33-3/h4-14,25H,1-3H3,(H,28,29)/t25-/m1/s1. The second-order valence-electron chi connectivity index (χ2n) is 7.90. The number of anilines is 1. The molecular weight excluding hydrogens is 421 g/mol. The molecule has 166 valence electrons. The van der Waals surface area contributed by atoms with Crippen LogP contribution in [0, 0.1) is 12.7 Å². The van der Waals surface area contributed by atoms with Crippen molar-refractivity contribution >= 4 is 11.6 Å². The van der Waals surface area contributed by atoms with Crippen LogP contribution in [0.2, 0.25) is 0 Å². The maximum Gasteiger partial charge on any atom is 0.277 e. The molecule has 4 aromatic rings. The molecule has 1 aromatic heterocycles. The van der Waals surface area contributed by atoms with Crippen LogP contribution in [-0.4, -0.2) is 30.3 Å². The summed E-state index contributed by atoms with van der Waals surface area (Å²) in [6, 6.07) is 19.0. The Labute approximate surface area is 190 Å². The van der Waals surface area contributed by atoms with Crippen LogP contribution in [0.25, 0.3) is 11.3 Å². The van der Waals surface area contributed by atoms with E-state index < -0.39 is 6.04 Å². The monoisotopic (exact) mass is 443 g/mol. The summed E-state index contributed by atoms with van der Waals surface area (Å²) < 4.78 is 24.6. The fraction of sp³-hybridized carbons (Fsp3) is 0.154. The largest absolute Gasteiger partial charge is 0.493 e. The molecule has 0 fully saturated rings. The van der Waals surface area contributed by atoms with Crippen molar-refractivity contribution in [1.29, 1.82) is 0 Å². The lowest BCUT2D eigenvalue weighted by molar-refractivity contribution is 0.0988. The van der Waals surface area contributed by atoms with E-state index in [1.807, 2.05) is 49.4 Å². The number of carbonyl (C=O) groups is 1. The number of methoxy groups -OCH3 is 2. The summed E-state index contributed by atoms with van der Waals surface area (Å²) in [6.07, 6.45) is 0. The molecule has 0 radical (unpaired) electrons. The second-order valence-corrected chi connectivity index (χ2v) is 7.90. The summed E-state index contributed by atoms with van der Waals surface area (Å²) in [5.41, 5.74) is 5.31. The molecule has 5 rings (SSSR count). The Morgan fingerprint density at radius 3 is 2.30 bits per heavy atom. The number of ether oxygens (including phenoxy) is 2. The maximum absolute atomic E-state index is 13.6. The first-order valence-corrected chi connectivity index (χ1v) is 10.5. The first-order valence-electron chi connectivity index (χ1n) is 10.5. The van der Waals surface area contributed by atoms with Gasteiger partial charge in [-0.05, 0) is 48.9 Å². The first kappa shape index (κ1) is 20.8. The third kappa shape index (κ3) is 3.42. The highest BCUT2D eigenvalue weighted by molar-refractivity contribution is 6.11. The van der Waals surface area contributed by atoms with Gasteiger partial charge in [0.1, 0.15) is 11.5 Å². The van der Waals surface area contributed by atoms with Crippen molar-refractivity contribution in [2.24, 2.45) is 0 Å². The molecule has 33 heavy (non-hydrogen) atoms. The van der Waals surface area contributed by atoms with E-state index in [1.165, 1.54) is 12.1 Å². The number of H-pyrrole nitrogens is 1. The molecule has 6 nitrogen and oxygen atoms in total. The third-order valence-electron chi connectivity index (χ3n) is 5.92. The van der Waals surface area contributed by atoms with E-state index in [9.17, 15) is 9.18 Å². The number of nitrogens with one attached hydrogen (secondary N) is 1. The molecule has 0 saturated carbocycles. The van der Waals surface area contributed by atoms with Crippen LogP contribution >= 0.6 is 0 Å². The van der Waals surface area contributed by atoms with Gasteiger partial charge in [0.2, 0.25) is 0 Å². The predicted molar refractivity (Wildman–Crippen MR) is 123 cm³/mol. The second kappa shape index (κ2) is 8.09. The van der Waals surface area contributed by atoms with Crippen LogP contribution in [0.5, 0.6) is 11.5 Å². The van der Waals surface area contributed by atoms with E-state index in [2.05, 4.69) is 10.2 Å². The Morgan fingerprint density at radius 2 is 1.64 bits per heavy atom. The molecular formula is C26H22FN3O3. The third-order valence-corrected chi connectivity index (χ3v) is 5.92. The number of aromatic amines is 1. The minimum absolute atomic E-state index is 0.234. The minimum atomic E-state index is -0.493. The smallest absolute Gasteiger partial charge is 0.277 e. The van der Waals surface area contributed by atoms with Crippen LogP contribution < -0.4 is 14.4 Å². The molecule has 1 N–H and O–H groups in total. The predicted octanol–water partition coefficient (Wildman–Crippen LogP) is 5.29. The average molecular weight is 443 g/mol. The first-order chi connectivity index (χ1) is 16.0. The molecule has 7 heteroatoms. The molecule has 1 aliphatic heterocycles. The number of hydrogen-bond acceptors (Lipinski definition) is 4. The molecule has 0 spiro atoms. The Bertz CT molecular complexity index is 1330. The molecule has 2 heterocycles. The lowest BCUT2D eigenvalue weighted by Gasteiger charge is -2.27. The number of halogens is 1. The molecule has 1 atom stereocenters. The minimum Gasteiger partial charge on any atom is -0.493 e. The van der Waals surface area contributed by atoms with Gasteiger partial charge in [-0.15, -0.1) is 0 Å². The van der Waals surface area contributed by atoms with Crippen LogP contribution in [0.1, 0.15) is 33.2 Å². The summed E-state index contributed by atoms with van der Waals surface area (Å²) in [7, 11) is 3.14. The number of nitrogens with zero attached hydrogens (tertiary/aromatic N) is 2. The maximum atomic E-state index is 13.6. The molecule has 0 bridgehead atoms. The van der Waals surface area contributed by atoms with Crippen LogP contribution in [0.3, 0.4) is 0 Å².